The predicted molar refractivity (Wildman–Crippen MR) is 117 cm³/mol. The molecule has 0 bridgehead atoms. The summed E-state index contributed by atoms with van der Waals surface area (Å²) in [6, 6.07) is 21.7. The Hall–Kier alpha value is -3.64. The van der Waals surface area contributed by atoms with E-state index in [2.05, 4.69) is 15.5 Å². The molecule has 0 aliphatic heterocycles. The largest absolute Gasteiger partial charge is 0.497 e. The van der Waals surface area contributed by atoms with Gasteiger partial charge in [0.25, 0.3) is 5.56 Å². The molecule has 0 unspecified atom stereocenters. The molecular formula is C22H17ClN4O2. The number of nitrogens with one attached hydrogen (secondary N) is 1. The third-order valence-corrected chi connectivity index (χ3v) is 4.72. The third kappa shape index (κ3) is 3.83. The summed E-state index contributed by atoms with van der Waals surface area (Å²) in [5.74, 6) is 0.990. The van der Waals surface area contributed by atoms with E-state index < -0.39 is 0 Å². The van der Waals surface area contributed by atoms with Crippen molar-refractivity contribution >= 4 is 34.7 Å². The molecule has 7 heteroatoms. The summed E-state index contributed by atoms with van der Waals surface area (Å²) in [4.78, 5) is 17.8. The van der Waals surface area contributed by atoms with Crippen molar-refractivity contribution in [3.8, 4) is 11.4 Å². The number of hydrogen-bond donors (Lipinski definition) is 1. The van der Waals surface area contributed by atoms with Gasteiger partial charge in [0, 0.05) is 10.6 Å². The lowest BCUT2D eigenvalue weighted by Crippen LogP contribution is -2.22. The number of benzene rings is 3. The molecular weight excluding hydrogens is 388 g/mol. The summed E-state index contributed by atoms with van der Waals surface area (Å²) < 4.78 is 6.68. The second-order valence-corrected chi connectivity index (χ2v) is 6.59. The Labute approximate surface area is 172 Å². The molecule has 29 heavy (non-hydrogen) atoms. The first-order valence-electron chi connectivity index (χ1n) is 8.87. The lowest BCUT2D eigenvalue weighted by atomic mass is 10.2. The van der Waals surface area contributed by atoms with E-state index in [-0.39, 0.29) is 5.56 Å². The van der Waals surface area contributed by atoms with Gasteiger partial charge < -0.3 is 4.74 Å². The van der Waals surface area contributed by atoms with Crippen molar-refractivity contribution in [2.24, 2.45) is 5.10 Å². The van der Waals surface area contributed by atoms with Gasteiger partial charge in [0.1, 0.15) is 5.75 Å². The number of aromatic nitrogens is 2. The minimum absolute atomic E-state index is 0.198. The summed E-state index contributed by atoms with van der Waals surface area (Å²) in [5, 5.41) is 5.33. The lowest BCUT2D eigenvalue weighted by Gasteiger charge is -2.13. The van der Waals surface area contributed by atoms with Gasteiger partial charge in [0.05, 0.1) is 29.9 Å². The van der Waals surface area contributed by atoms with E-state index in [1.165, 1.54) is 4.57 Å². The van der Waals surface area contributed by atoms with Crippen LogP contribution in [0, 0.1) is 0 Å². The fourth-order valence-corrected chi connectivity index (χ4v) is 3.10. The number of nitrogens with zero attached hydrogens (tertiary/aromatic N) is 3. The molecule has 0 spiro atoms. The monoisotopic (exact) mass is 404 g/mol. The number of methoxy groups -OCH3 is 1. The molecule has 4 aromatic rings. The molecule has 6 nitrogen and oxygen atoms in total. The van der Waals surface area contributed by atoms with Crippen molar-refractivity contribution in [3.05, 3.63) is 93.7 Å². The second kappa shape index (κ2) is 8.16. The number of anilines is 1. The SMILES string of the molecule is COc1ccc(-n2c(N/N=C/c3ccccc3Cl)nc3ccccc3c2=O)cc1. The van der Waals surface area contributed by atoms with E-state index in [1.807, 2.05) is 30.3 Å². The molecule has 1 heterocycles. The molecule has 0 saturated carbocycles. The minimum atomic E-state index is -0.198. The van der Waals surface area contributed by atoms with E-state index in [9.17, 15) is 4.79 Å². The maximum atomic E-state index is 13.2. The fraction of sp³-hybridized carbons (Fsp3) is 0.0455. The molecule has 0 aliphatic carbocycles. The van der Waals surface area contributed by atoms with Crippen LogP contribution in [0.2, 0.25) is 5.02 Å². The number of hydrazone groups is 1. The molecule has 0 amide bonds. The van der Waals surface area contributed by atoms with Crippen LogP contribution in [0.4, 0.5) is 5.95 Å². The van der Waals surface area contributed by atoms with Gasteiger partial charge >= 0.3 is 0 Å². The Morgan fingerprint density at radius 3 is 2.52 bits per heavy atom. The normalized spacial score (nSPS) is 11.1. The van der Waals surface area contributed by atoms with E-state index in [0.717, 1.165) is 5.56 Å². The van der Waals surface area contributed by atoms with Crippen molar-refractivity contribution in [3.63, 3.8) is 0 Å². The standard InChI is InChI=1S/C22H17ClN4O2/c1-29-17-12-10-16(11-13-17)27-21(28)18-7-3-5-9-20(18)25-22(27)26-24-14-15-6-2-4-8-19(15)23/h2-14H,1H3,(H,25,26)/b24-14+. The zero-order chi connectivity index (χ0) is 20.2. The molecule has 144 valence electrons. The molecule has 0 atom stereocenters. The van der Waals surface area contributed by atoms with Gasteiger partial charge in [-0.25, -0.2) is 15.0 Å². The highest BCUT2D eigenvalue weighted by Gasteiger charge is 2.12. The smallest absolute Gasteiger partial charge is 0.267 e. The Morgan fingerprint density at radius 1 is 1.03 bits per heavy atom. The minimum Gasteiger partial charge on any atom is -0.497 e. The molecule has 0 radical (unpaired) electrons. The zero-order valence-corrected chi connectivity index (χ0v) is 16.3. The average molecular weight is 405 g/mol. The summed E-state index contributed by atoms with van der Waals surface area (Å²) in [7, 11) is 1.59. The highest BCUT2D eigenvalue weighted by Crippen LogP contribution is 2.19. The molecule has 3 aromatic carbocycles. The van der Waals surface area contributed by atoms with Crippen LogP contribution in [-0.4, -0.2) is 22.9 Å². The Morgan fingerprint density at radius 2 is 1.76 bits per heavy atom. The highest BCUT2D eigenvalue weighted by atomic mass is 35.5. The van der Waals surface area contributed by atoms with Crippen molar-refractivity contribution in [1.82, 2.24) is 9.55 Å². The lowest BCUT2D eigenvalue weighted by molar-refractivity contribution is 0.414. The van der Waals surface area contributed by atoms with Crippen LogP contribution >= 0.6 is 11.6 Å². The van der Waals surface area contributed by atoms with Crippen LogP contribution in [0.15, 0.2) is 82.7 Å². The number of ether oxygens (including phenoxy) is 1. The Kier molecular flexibility index (Phi) is 5.27. The third-order valence-electron chi connectivity index (χ3n) is 4.38. The van der Waals surface area contributed by atoms with Crippen molar-refractivity contribution in [1.29, 1.82) is 0 Å². The second-order valence-electron chi connectivity index (χ2n) is 6.18. The van der Waals surface area contributed by atoms with E-state index in [4.69, 9.17) is 16.3 Å². The quantitative estimate of drug-likeness (QED) is 0.393. The summed E-state index contributed by atoms with van der Waals surface area (Å²) in [6.07, 6.45) is 1.59. The van der Waals surface area contributed by atoms with Crippen molar-refractivity contribution in [2.75, 3.05) is 12.5 Å². The molecule has 1 aromatic heterocycles. The zero-order valence-electron chi connectivity index (χ0n) is 15.5. The van der Waals surface area contributed by atoms with E-state index in [0.29, 0.717) is 33.3 Å². The fourth-order valence-electron chi connectivity index (χ4n) is 2.92. The maximum absolute atomic E-state index is 13.2. The predicted octanol–water partition coefficient (Wildman–Crippen LogP) is 4.49. The van der Waals surface area contributed by atoms with E-state index >= 15 is 0 Å². The van der Waals surface area contributed by atoms with Crippen LogP contribution in [0.1, 0.15) is 5.56 Å². The van der Waals surface area contributed by atoms with Crippen LogP contribution in [0.3, 0.4) is 0 Å². The average Bonchev–Trinajstić information content (AvgIpc) is 2.75. The first kappa shape index (κ1) is 18.7. The van der Waals surface area contributed by atoms with Gasteiger partial charge in [-0.05, 0) is 42.5 Å². The highest BCUT2D eigenvalue weighted by molar-refractivity contribution is 6.33. The number of halogens is 1. The van der Waals surface area contributed by atoms with Gasteiger partial charge in [0.15, 0.2) is 0 Å². The van der Waals surface area contributed by atoms with Crippen LogP contribution in [0.5, 0.6) is 5.75 Å². The Balaban J connectivity index is 1.80. The van der Waals surface area contributed by atoms with Crippen molar-refractivity contribution < 1.29 is 4.74 Å². The molecule has 0 fully saturated rings. The molecule has 0 saturated heterocycles. The molecule has 1 N–H and O–H groups in total. The van der Waals surface area contributed by atoms with Crippen molar-refractivity contribution in [2.45, 2.75) is 0 Å². The van der Waals surface area contributed by atoms with Gasteiger partial charge in [-0.2, -0.15) is 5.10 Å². The first-order valence-corrected chi connectivity index (χ1v) is 9.25. The van der Waals surface area contributed by atoms with Crippen LogP contribution in [0.25, 0.3) is 16.6 Å². The van der Waals surface area contributed by atoms with Crippen LogP contribution in [-0.2, 0) is 0 Å². The van der Waals surface area contributed by atoms with Crippen LogP contribution < -0.4 is 15.7 Å². The van der Waals surface area contributed by atoms with E-state index in [1.54, 1.807) is 55.8 Å². The summed E-state index contributed by atoms with van der Waals surface area (Å²) in [5.41, 5.74) is 4.66. The number of rotatable bonds is 5. The van der Waals surface area contributed by atoms with Gasteiger partial charge in [-0.15, -0.1) is 0 Å². The maximum Gasteiger partial charge on any atom is 0.267 e. The molecule has 0 aliphatic rings. The molecule has 4 rings (SSSR count). The van der Waals surface area contributed by atoms with Gasteiger partial charge in [-0.1, -0.05) is 41.9 Å². The van der Waals surface area contributed by atoms with Gasteiger partial charge in [0.2, 0.25) is 5.95 Å². The first-order chi connectivity index (χ1) is 14.2. The number of hydrogen-bond acceptors (Lipinski definition) is 5. The topological polar surface area (TPSA) is 68.5 Å². The Bertz CT molecular complexity index is 1250. The van der Waals surface area contributed by atoms with Gasteiger partial charge in [-0.3, -0.25) is 4.79 Å². The number of fused-ring (bicyclic) bond motifs is 1. The number of para-hydroxylation sites is 1. The summed E-state index contributed by atoms with van der Waals surface area (Å²) in [6.45, 7) is 0. The summed E-state index contributed by atoms with van der Waals surface area (Å²) >= 11 is 6.16.